The molecule has 1 fully saturated rings. The van der Waals surface area contributed by atoms with Gasteiger partial charge in [0.05, 0.1) is 5.52 Å². The van der Waals surface area contributed by atoms with E-state index in [-0.39, 0.29) is 11.8 Å². The summed E-state index contributed by atoms with van der Waals surface area (Å²) in [4.78, 5) is 23.2. The molecular formula is C21H31N5O. The Morgan fingerprint density at radius 3 is 2.52 bits per heavy atom. The van der Waals surface area contributed by atoms with Crippen LogP contribution in [-0.2, 0) is 4.79 Å². The maximum absolute atomic E-state index is 11.7. The van der Waals surface area contributed by atoms with Crippen LogP contribution in [0, 0.1) is 11.8 Å². The van der Waals surface area contributed by atoms with Gasteiger partial charge in [-0.05, 0) is 43.7 Å². The second-order valence-electron chi connectivity index (χ2n) is 8.04. The number of carbonyl (C=O) groups excluding carboxylic acids is 1. The lowest BCUT2D eigenvalue weighted by Gasteiger charge is -2.29. The summed E-state index contributed by atoms with van der Waals surface area (Å²) >= 11 is 0. The Kier molecular flexibility index (Phi) is 6.14. The summed E-state index contributed by atoms with van der Waals surface area (Å²) in [5, 5.41) is 7.67. The molecule has 1 amide bonds. The molecular weight excluding hydrogens is 338 g/mol. The van der Waals surface area contributed by atoms with Crippen molar-refractivity contribution in [1.82, 2.24) is 15.3 Å². The zero-order chi connectivity index (χ0) is 19.4. The number of nitrogens with one attached hydrogen (secondary N) is 2. The lowest BCUT2D eigenvalue weighted by atomic mass is 9.86. The Morgan fingerprint density at radius 2 is 1.85 bits per heavy atom. The minimum Gasteiger partial charge on any atom is -0.362 e. The number of benzene rings is 1. The maximum Gasteiger partial charge on any atom is 0.225 e. The number of carbonyl (C=O) groups is 1. The van der Waals surface area contributed by atoms with Crippen molar-refractivity contribution < 1.29 is 4.79 Å². The molecule has 6 heteroatoms. The molecule has 0 saturated heterocycles. The standard InChI is InChI=1S/C21H31N5O/c1-14(2)20(27)22-13-15-9-11-16(12-10-15)23-21-24-18-8-6-5-7-17(18)19(25-21)26(3)4/h5-8,14-16H,9-13H2,1-4H3,(H,22,27)(H,23,24,25)/t15-,16+. The molecule has 3 rings (SSSR count). The fraction of sp³-hybridized carbons (Fsp3) is 0.571. The molecule has 1 saturated carbocycles. The van der Waals surface area contributed by atoms with Crippen molar-refractivity contribution >= 4 is 28.6 Å². The summed E-state index contributed by atoms with van der Waals surface area (Å²) in [7, 11) is 4.02. The van der Waals surface area contributed by atoms with Crippen molar-refractivity contribution in [3.63, 3.8) is 0 Å². The lowest BCUT2D eigenvalue weighted by Crippen LogP contribution is -2.35. The van der Waals surface area contributed by atoms with Crippen molar-refractivity contribution in [3.8, 4) is 0 Å². The number of aromatic nitrogens is 2. The smallest absolute Gasteiger partial charge is 0.225 e. The number of fused-ring (bicyclic) bond motifs is 1. The third-order valence-corrected chi connectivity index (χ3v) is 5.28. The van der Waals surface area contributed by atoms with Crippen LogP contribution in [0.1, 0.15) is 39.5 Å². The van der Waals surface area contributed by atoms with Gasteiger partial charge in [-0.1, -0.05) is 26.0 Å². The van der Waals surface area contributed by atoms with Crippen LogP contribution in [-0.4, -0.2) is 42.6 Å². The predicted octanol–water partition coefficient (Wildman–Crippen LogP) is 3.44. The summed E-state index contributed by atoms with van der Waals surface area (Å²) in [6.45, 7) is 4.66. The predicted molar refractivity (Wildman–Crippen MR) is 111 cm³/mol. The molecule has 6 nitrogen and oxygen atoms in total. The van der Waals surface area contributed by atoms with Gasteiger partial charge in [0.2, 0.25) is 11.9 Å². The Hall–Kier alpha value is -2.37. The van der Waals surface area contributed by atoms with E-state index in [0.717, 1.165) is 48.9 Å². The van der Waals surface area contributed by atoms with E-state index in [0.29, 0.717) is 17.9 Å². The minimum atomic E-state index is 0.0546. The first-order valence-corrected chi connectivity index (χ1v) is 9.92. The first-order valence-electron chi connectivity index (χ1n) is 9.92. The molecule has 0 aliphatic heterocycles. The van der Waals surface area contributed by atoms with E-state index in [9.17, 15) is 4.79 Å². The number of nitrogens with zero attached hydrogens (tertiary/aromatic N) is 3. The molecule has 0 spiro atoms. The highest BCUT2D eigenvalue weighted by Gasteiger charge is 2.23. The highest BCUT2D eigenvalue weighted by Crippen LogP contribution is 2.28. The number of para-hydroxylation sites is 1. The monoisotopic (exact) mass is 369 g/mol. The summed E-state index contributed by atoms with van der Waals surface area (Å²) in [5.41, 5.74) is 0.962. The van der Waals surface area contributed by atoms with Crippen molar-refractivity contribution in [2.75, 3.05) is 30.9 Å². The van der Waals surface area contributed by atoms with Crippen LogP contribution in [0.15, 0.2) is 24.3 Å². The fourth-order valence-corrected chi connectivity index (χ4v) is 3.61. The van der Waals surface area contributed by atoms with Crippen LogP contribution < -0.4 is 15.5 Å². The largest absolute Gasteiger partial charge is 0.362 e. The molecule has 0 bridgehead atoms. The molecule has 1 aliphatic carbocycles. The molecule has 0 unspecified atom stereocenters. The average Bonchev–Trinajstić information content (AvgIpc) is 2.66. The Morgan fingerprint density at radius 1 is 1.15 bits per heavy atom. The number of hydrogen-bond donors (Lipinski definition) is 2. The van der Waals surface area contributed by atoms with Crippen LogP contribution in [0.2, 0.25) is 0 Å². The normalized spacial score (nSPS) is 19.9. The highest BCUT2D eigenvalue weighted by molar-refractivity contribution is 5.90. The van der Waals surface area contributed by atoms with E-state index in [1.807, 2.05) is 51.0 Å². The average molecular weight is 370 g/mol. The van der Waals surface area contributed by atoms with Crippen LogP contribution >= 0.6 is 0 Å². The molecule has 1 aromatic carbocycles. The molecule has 2 aromatic rings. The molecule has 1 aromatic heterocycles. The molecule has 0 radical (unpaired) electrons. The number of anilines is 2. The van der Waals surface area contributed by atoms with Crippen molar-refractivity contribution in [2.45, 2.75) is 45.6 Å². The van der Waals surface area contributed by atoms with Gasteiger partial charge >= 0.3 is 0 Å². The summed E-state index contributed by atoms with van der Waals surface area (Å²) in [6.07, 6.45) is 4.39. The van der Waals surface area contributed by atoms with Gasteiger partial charge in [0.1, 0.15) is 5.82 Å². The second-order valence-corrected chi connectivity index (χ2v) is 8.04. The van der Waals surface area contributed by atoms with E-state index in [4.69, 9.17) is 9.97 Å². The van der Waals surface area contributed by atoms with E-state index < -0.39 is 0 Å². The molecule has 0 atom stereocenters. The quantitative estimate of drug-likeness (QED) is 0.816. The second kappa shape index (κ2) is 8.55. The first kappa shape index (κ1) is 19.4. The van der Waals surface area contributed by atoms with E-state index in [1.54, 1.807) is 0 Å². The summed E-state index contributed by atoms with van der Waals surface area (Å²) in [5.74, 6) is 2.41. The van der Waals surface area contributed by atoms with Gasteiger partial charge in [0.15, 0.2) is 0 Å². The summed E-state index contributed by atoms with van der Waals surface area (Å²) < 4.78 is 0. The number of hydrogen-bond acceptors (Lipinski definition) is 5. The van der Waals surface area contributed by atoms with E-state index >= 15 is 0 Å². The number of rotatable bonds is 6. The van der Waals surface area contributed by atoms with Gasteiger partial charge in [-0.25, -0.2) is 4.98 Å². The van der Waals surface area contributed by atoms with Gasteiger partial charge in [-0.2, -0.15) is 4.98 Å². The van der Waals surface area contributed by atoms with Gasteiger partial charge in [-0.3, -0.25) is 4.79 Å². The van der Waals surface area contributed by atoms with Gasteiger partial charge < -0.3 is 15.5 Å². The Labute approximate surface area is 161 Å². The summed E-state index contributed by atoms with van der Waals surface area (Å²) in [6, 6.07) is 8.51. The van der Waals surface area contributed by atoms with Crippen LogP contribution in [0.3, 0.4) is 0 Å². The molecule has 146 valence electrons. The van der Waals surface area contributed by atoms with Crippen molar-refractivity contribution in [1.29, 1.82) is 0 Å². The minimum absolute atomic E-state index is 0.0546. The van der Waals surface area contributed by atoms with E-state index in [2.05, 4.69) is 16.7 Å². The first-order chi connectivity index (χ1) is 12.9. The van der Waals surface area contributed by atoms with Gasteiger partial charge in [0.25, 0.3) is 0 Å². The van der Waals surface area contributed by atoms with Crippen molar-refractivity contribution in [2.24, 2.45) is 11.8 Å². The number of amides is 1. The third-order valence-electron chi connectivity index (χ3n) is 5.28. The van der Waals surface area contributed by atoms with E-state index in [1.165, 1.54) is 0 Å². The van der Waals surface area contributed by atoms with Crippen LogP contribution in [0.4, 0.5) is 11.8 Å². The fourth-order valence-electron chi connectivity index (χ4n) is 3.61. The highest BCUT2D eigenvalue weighted by atomic mass is 16.1. The maximum atomic E-state index is 11.7. The van der Waals surface area contributed by atoms with Gasteiger partial charge in [-0.15, -0.1) is 0 Å². The zero-order valence-electron chi connectivity index (χ0n) is 16.8. The van der Waals surface area contributed by atoms with Crippen LogP contribution in [0.25, 0.3) is 10.9 Å². The van der Waals surface area contributed by atoms with Gasteiger partial charge in [0, 0.05) is 38.0 Å². The molecule has 2 N–H and O–H groups in total. The van der Waals surface area contributed by atoms with Crippen molar-refractivity contribution in [3.05, 3.63) is 24.3 Å². The lowest BCUT2D eigenvalue weighted by molar-refractivity contribution is -0.124. The zero-order valence-corrected chi connectivity index (χ0v) is 16.8. The molecule has 1 aliphatic rings. The Bertz CT molecular complexity index is 781. The van der Waals surface area contributed by atoms with Crippen LogP contribution in [0.5, 0.6) is 0 Å². The topological polar surface area (TPSA) is 70.2 Å². The Balaban J connectivity index is 1.60. The molecule has 27 heavy (non-hydrogen) atoms. The SMILES string of the molecule is CC(C)C(=O)NC[C@H]1CC[C@@H](Nc2nc(N(C)C)c3ccccc3n2)CC1. The third kappa shape index (κ3) is 4.87. The molecule has 1 heterocycles.